The van der Waals surface area contributed by atoms with Gasteiger partial charge in [-0.3, -0.25) is 0 Å². The average Bonchev–Trinajstić information content (AvgIpc) is 2.41. The molecule has 3 rings (SSSR count). The lowest BCUT2D eigenvalue weighted by atomic mass is 9.85. The minimum Gasteiger partial charge on any atom is -0.381 e. The molecule has 0 amide bonds. The predicted molar refractivity (Wildman–Crippen MR) is 44.8 cm³/mol. The smallest absolute Gasteiger partial charge is 0.0500 e. The first-order valence-electron chi connectivity index (χ1n) is 5.10. The summed E-state index contributed by atoms with van der Waals surface area (Å²) in [4.78, 5) is 0. The van der Waals surface area contributed by atoms with E-state index in [1.54, 1.807) is 0 Å². The molecule has 4 unspecified atom stereocenters. The molecular formula is C10H16O2. The summed E-state index contributed by atoms with van der Waals surface area (Å²) in [7, 11) is 0. The molecule has 12 heavy (non-hydrogen) atoms. The minimum absolute atomic E-state index is 0.828. The van der Waals surface area contributed by atoms with E-state index < -0.39 is 0 Å². The Morgan fingerprint density at radius 3 is 2.58 bits per heavy atom. The van der Waals surface area contributed by atoms with Gasteiger partial charge in [-0.05, 0) is 36.5 Å². The van der Waals surface area contributed by atoms with Gasteiger partial charge in [0.2, 0.25) is 0 Å². The van der Waals surface area contributed by atoms with E-state index in [1.165, 1.54) is 12.8 Å². The normalized spacial score (nSPS) is 52.0. The Morgan fingerprint density at radius 1 is 0.833 bits per heavy atom. The number of fused-ring (bicyclic) bond motifs is 5. The molecule has 2 saturated heterocycles. The molecule has 3 aliphatic rings. The lowest BCUT2D eigenvalue weighted by molar-refractivity contribution is 0.00988. The van der Waals surface area contributed by atoms with Crippen LogP contribution in [0.15, 0.2) is 0 Å². The van der Waals surface area contributed by atoms with E-state index in [9.17, 15) is 0 Å². The van der Waals surface area contributed by atoms with Crippen LogP contribution in [0.3, 0.4) is 0 Å². The lowest BCUT2D eigenvalue weighted by Crippen LogP contribution is -2.28. The molecule has 2 heteroatoms. The maximum atomic E-state index is 5.59. The summed E-state index contributed by atoms with van der Waals surface area (Å²) in [6.07, 6.45) is 2.70. The Bertz CT molecular complexity index is 163. The van der Waals surface area contributed by atoms with E-state index in [2.05, 4.69) is 0 Å². The zero-order chi connectivity index (χ0) is 7.97. The number of hydrogen-bond acceptors (Lipinski definition) is 2. The molecule has 3 fully saturated rings. The van der Waals surface area contributed by atoms with E-state index >= 15 is 0 Å². The molecule has 4 atom stereocenters. The fourth-order valence-corrected chi connectivity index (χ4v) is 3.34. The zero-order valence-corrected chi connectivity index (χ0v) is 7.37. The molecule has 0 spiro atoms. The van der Waals surface area contributed by atoms with E-state index in [1.807, 2.05) is 0 Å². The van der Waals surface area contributed by atoms with Crippen molar-refractivity contribution in [3.8, 4) is 0 Å². The minimum atomic E-state index is 0.828. The molecule has 0 N–H and O–H groups in total. The third-order valence-corrected chi connectivity index (χ3v) is 3.94. The van der Waals surface area contributed by atoms with Crippen molar-refractivity contribution in [2.45, 2.75) is 12.8 Å². The van der Waals surface area contributed by atoms with Crippen molar-refractivity contribution in [1.82, 2.24) is 0 Å². The lowest BCUT2D eigenvalue weighted by Gasteiger charge is -2.28. The summed E-state index contributed by atoms with van der Waals surface area (Å²) in [6, 6.07) is 0. The average molecular weight is 168 g/mol. The molecule has 0 aromatic carbocycles. The van der Waals surface area contributed by atoms with Crippen molar-refractivity contribution in [3.63, 3.8) is 0 Å². The Morgan fingerprint density at radius 2 is 1.67 bits per heavy atom. The highest BCUT2D eigenvalue weighted by Gasteiger charge is 2.46. The molecule has 2 bridgehead atoms. The SMILES string of the molecule is C1CC2C3COCC(C3)C2CO1. The van der Waals surface area contributed by atoms with Gasteiger partial charge in [0, 0.05) is 19.8 Å². The third kappa shape index (κ3) is 0.944. The van der Waals surface area contributed by atoms with Crippen LogP contribution < -0.4 is 0 Å². The van der Waals surface area contributed by atoms with Crippen molar-refractivity contribution in [2.75, 3.05) is 26.4 Å². The molecule has 2 nitrogen and oxygen atoms in total. The molecule has 0 radical (unpaired) electrons. The Hall–Kier alpha value is -0.0800. The summed E-state index contributed by atoms with van der Waals surface area (Å²) in [5.41, 5.74) is 0. The second kappa shape index (κ2) is 2.71. The van der Waals surface area contributed by atoms with Gasteiger partial charge in [-0.1, -0.05) is 0 Å². The van der Waals surface area contributed by atoms with Crippen molar-refractivity contribution in [1.29, 1.82) is 0 Å². The van der Waals surface area contributed by atoms with Gasteiger partial charge in [0.25, 0.3) is 0 Å². The molecular weight excluding hydrogens is 152 g/mol. The van der Waals surface area contributed by atoms with Crippen molar-refractivity contribution < 1.29 is 9.47 Å². The van der Waals surface area contributed by atoms with Gasteiger partial charge in [0.05, 0.1) is 6.61 Å². The van der Waals surface area contributed by atoms with Gasteiger partial charge < -0.3 is 9.47 Å². The monoisotopic (exact) mass is 168 g/mol. The third-order valence-electron chi connectivity index (χ3n) is 3.94. The summed E-state index contributed by atoms with van der Waals surface area (Å²) in [6.45, 7) is 4.03. The van der Waals surface area contributed by atoms with Crippen LogP contribution in [-0.4, -0.2) is 26.4 Å². The van der Waals surface area contributed by atoms with Gasteiger partial charge in [0.15, 0.2) is 0 Å². The van der Waals surface area contributed by atoms with Crippen molar-refractivity contribution >= 4 is 0 Å². The van der Waals surface area contributed by atoms with Crippen LogP contribution in [0.1, 0.15) is 12.8 Å². The standard InChI is InChI=1S/C10H16O2/c1-2-11-6-10-8-3-7(9(1)10)4-12-5-8/h7-10H,1-6H2. The number of hydrogen-bond donors (Lipinski definition) is 0. The maximum absolute atomic E-state index is 5.59. The van der Waals surface area contributed by atoms with Gasteiger partial charge in [-0.2, -0.15) is 0 Å². The van der Waals surface area contributed by atoms with Crippen LogP contribution in [0.4, 0.5) is 0 Å². The summed E-state index contributed by atoms with van der Waals surface area (Å²) < 4.78 is 11.1. The molecule has 0 aromatic heterocycles. The second-order valence-electron chi connectivity index (χ2n) is 4.48. The van der Waals surface area contributed by atoms with E-state index in [-0.39, 0.29) is 0 Å². The van der Waals surface area contributed by atoms with E-state index in [0.29, 0.717) is 0 Å². The first kappa shape index (κ1) is 7.34. The van der Waals surface area contributed by atoms with E-state index in [0.717, 1.165) is 50.1 Å². The summed E-state index contributed by atoms with van der Waals surface area (Å²) in [5.74, 6) is 3.48. The van der Waals surface area contributed by atoms with E-state index in [4.69, 9.17) is 9.47 Å². The topological polar surface area (TPSA) is 18.5 Å². The van der Waals surface area contributed by atoms with Crippen LogP contribution in [0.2, 0.25) is 0 Å². The van der Waals surface area contributed by atoms with Crippen molar-refractivity contribution in [2.24, 2.45) is 23.7 Å². The molecule has 0 aromatic rings. The zero-order valence-electron chi connectivity index (χ0n) is 7.37. The largest absolute Gasteiger partial charge is 0.381 e. The molecule has 68 valence electrons. The van der Waals surface area contributed by atoms with Crippen LogP contribution in [0.5, 0.6) is 0 Å². The Labute approximate surface area is 73.2 Å². The van der Waals surface area contributed by atoms with Crippen molar-refractivity contribution in [3.05, 3.63) is 0 Å². The highest BCUT2D eigenvalue weighted by molar-refractivity contribution is 4.94. The fourth-order valence-electron chi connectivity index (χ4n) is 3.34. The predicted octanol–water partition coefficient (Wildman–Crippen LogP) is 1.31. The molecule has 1 aliphatic carbocycles. The number of rotatable bonds is 0. The highest BCUT2D eigenvalue weighted by atomic mass is 16.5. The maximum Gasteiger partial charge on any atom is 0.0500 e. The Kier molecular flexibility index (Phi) is 1.66. The quantitative estimate of drug-likeness (QED) is 0.543. The van der Waals surface area contributed by atoms with Gasteiger partial charge in [-0.15, -0.1) is 0 Å². The summed E-state index contributed by atoms with van der Waals surface area (Å²) in [5, 5.41) is 0. The molecule has 2 heterocycles. The second-order valence-corrected chi connectivity index (χ2v) is 4.48. The van der Waals surface area contributed by atoms with Crippen LogP contribution >= 0.6 is 0 Å². The van der Waals surface area contributed by atoms with Gasteiger partial charge in [-0.25, -0.2) is 0 Å². The molecule has 1 saturated carbocycles. The number of ether oxygens (including phenoxy) is 2. The summed E-state index contributed by atoms with van der Waals surface area (Å²) >= 11 is 0. The van der Waals surface area contributed by atoms with Gasteiger partial charge in [0.1, 0.15) is 0 Å². The van der Waals surface area contributed by atoms with Crippen LogP contribution in [-0.2, 0) is 9.47 Å². The van der Waals surface area contributed by atoms with Crippen LogP contribution in [0, 0.1) is 23.7 Å². The first-order valence-corrected chi connectivity index (χ1v) is 5.10. The highest BCUT2D eigenvalue weighted by Crippen LogP contribution is 2.47. The van der Waals surface area contributed by atoms with Crippen LogP contribution in [0.25, 0.3) is 0 Å². The Balaban J connectivity index is 1.83. The first-order chi connectivity index (χ1) is 5.95. The molecule has 2 aliphatic heterocycles. The van der Waals surface area contributed by atoms with Gasteiger partial charge >= 0.3 is 0 Å². The fraction of sp³-hybridized carbons (Fsp3) is 1.00.